The van der Waals surface area contributed by atoms with Gasteiger partial charge in [-0.3, -0.25) is 4.79 Å². The van der Waals surface area contributed by atoms with Crippen LogP contribution in [0.3, 0.4) is 0 Å². The minimum absolute atomic E-state index is 0.156. The predicted octanol–water partition coefficient (Wildman–Crippen LogP) is 4.97. The van der Waals surface area contributed by atoms with Crippen LogP contribution in [0.5, 0.6) is 5.75 Å². The van der Waals surface area contributed by atoms with E-state index in [0.717, 1.165) is 27.9 Å². The number of fused-ring (bicyclic) bond motifs is 1. The summed E-state index contributed by atoms with van der Waals surface area (Å²) < 4.78 is 17.5. The molecule has 4 aromatic rings. The molecule has 176 valence electrons. The highest BCUT2D eigenvalue weighted by Gasteiger charge is 2.24. The second kappa shape index (κ2) is 9.55. The molecule has 5 rings (SSSR count). The van der Waals surface area contributed by atoms with Gasteiger partial charge in [-0.15, -0.1) is 0 Å². The molecule has 1 amide bonds. The maximum Gasteiger partial charge on any atom is 0.373 e. The molecule has 8 nitrogen and oxygen atoms in total. The molecule has 0 atom stereocenters. The van der Waals surface area contributed by atoms with Gasteiger partial charge in [-0.25, -0.2) is 9.79 Å². The van der Waals surface area contributed by atoms with Gasteiger partial charge in [0.25, 0.3) is 5.91 Å². The standard InChI is InChI=1S/C26H21N3O5S/c1-32-18-9-7-17(8-10-18)27-26-28-24(30)23(35-26)13-16-14-29(21-6-4-3-5-20(16)21)15-19-11-12-22(34-19)25(31)33-2/h3-14H,15H2,1-2H3,(H,27,28,30)/b23-13-. The Bertz CT molecular complexity index is 1480. The number of nitrogens with zero attached hydrogens (tertiary/aromatic N) is 2. The van der Waals surface area contributed by atoms with Crippen LogP contribution in [0, 0.1) is 0 Å². The van der Waals surface area contributed by atoms with Crippen LogP contribution in [-0.2, 0) is 16.1 Å². The molecule has 0 radical (unpaired) electrons. The number of carbonyl (C=O) groups excluding carboxylic acids is 2. The molecule has 3 heterocycles. The van der Waals surface area contributed by atoms with E-state index in [1.807, 2.05) is 65.4 Å². The molecule has 1 aliphatic rings. The maximum atomic E-state index is 12.6. The second-order valence-electron chi connectivity index (χ2n) is 7.67. The van der Waals surface area contributed by atoms with Crippen LogP contribution >= 0.6 is 11.8 Å². The molecule has 35 heavy (non-hydrogen) atoms. The monoisotopic (exact) mass is 487 g/mol. The number of esters is 1. The lowest BCUT2D eigenvalue weighted by Gasteiger charge is -2.02. The van der Waals surface area contributed by atoms with E-state index in [1.165, 1.54) is 18.9 Å². The van der Waals surface area contributed by atoms with Crippen molar-refractivity contribution in [1.29, 1.82) is 0 Å². The van der Waals surface area contributed by atoms with Crippen LogP contribution in [0.25, 0.3) is 17.0 Å². The number of para-hydroxylation sites is 1. The number of rotatable bonds is 6. The number of carbonyl (C=O) groups is 2. The van der Waals surface area contributed by atoms with Crippen LogP contribution < -0.4 is 10.1 Å². The first kappa shape index (κ1) is 22.5. The predicted molar refractivity (Wildman–Crippen MR) is 135 cm³/mol. The van der Waals surface area contributed by atoms with E-state index in [0.29, 0.717) is 22.4 Å². The molecule has 0 bridgehead atoms. The molecule has 1 saturated heterocycles. The lowest BCUT2D eigenvalue weighted by atomic mass is 10.1. The SMILES string of the molecule is COC(=O)c1ccc(Cn2cc(/C=C3\SC(=Nc4ccc(OC)cc4)NC3=O)c3ccccc32)o1. The fourth-order valence-electron chi connectivity index (χ4n) is 3.76. The molecule has 0 saturated carbocycles. The van der Waals surface area contributed by atoms with Crippen molar-refractivity contribution in [2.24, 2.45) is 4.99 Å². The van der Waals surface area contributed by atoms with Crippen molar-refractivity contribution in [3.63, 3.8) is 0 Å². The van der Waals surface area contributed by atoms with Gasteiger partial charge < -0.3 is 23.8 Å². The molecule has 0 unspecified atom stereocenters. The largest absolute Gasteiger partial charge is 0.497 e. The Labute approximate surface area is 205 Å². The fraction of sp³-hybridized carbons (Fsp3) is 0.115. The first-order chi connectivity index (χ1) is 17.0. The van der Waals surface area contributed by atoms with E-state index in [2.05, 4.69) is 10.3 Å². The van der Waals surface area contributed by atoms with Gasteiger partial charge in [0, 0.05) is 22.7 Å². The van der Waals surface area contributed by atoms with Gasteiger partial charge in [0.05, 0.1) is 31.4 Å². The number of amides is 1. The van der Waals surface area contributed by atoms with Gasteiger partial charge >= 0.3 is 5.97 Å². The molecule has 2 aromatic carbocycles. The highest BCUT2D eigenvalue weighted by Crippen LogP contribution is 2.31. The van der Waals surface area contributed by atoms with Crippen molar-refractivity contribution >= 4 is 51.5 Å². The lowest BCUT2D eigenvalue weighted by molar-refractivity contribution is -0.115. The van der Waals surface area contributed by atoms with Gasteiger partial charge in [-0.05, 0) is 60.3 Å². The van der Waals surface area contributed by atoms with Crippen LogP contribution in [-0.4, -0.2) is 35.8 Å². The van der Waals surface area contributed by atoms with E-state index in [4.69, 9.17) is 13.9 Å². The van der Waals surface area contributed by atoms with Crippen molar-refractivity contribution in [1.82, 2.24) is 9.88 Å². The van der Waals surface area contributed by atoms with Crippen molar-refractivity contribution in [2.75, 3.05) is 14.2 Å². The highest BCUT2D eigenvalue weighted by molar-refractivity contribution is 8.18. The Morgan fingerprint density at radius 2 is 1.91 bits per heavy atom. The Morgan fingerprint density at radius 1 is 1.11 bits per heavy atom. The Morgan fingerprint density at radius 3 is 2.69 bits per heavy atom. The molecule has 9 heteroatoms. The Kier molecular flexibility index (Phi) is 6.15. The number of methoxy groups -OCH3 is 2. The maximum absolute atomic E-state index is 12.6. The van der Waals surface area contributed by atoms with Crippen molar-refractivity contribution < 1.29 is 23.5 Å². The van der Waals surface area contributed by atoms with Crippen molar-refractivity contribution in [3.05, 3.63) is 88.8 Å². The molecular weight excluding hydrogens is 466 g/mol. The van der Waals surface area contributed by atoms with Gasteiger partial charge in [0.1, 0.15) is 11.5 Å². The molecule has 1 aliphatic heterocycles. The Balaban J connectivity index is 1.42. The molecule has 2 aromatic heterocycles. The Hall–Kier alpha value is -4.24. The minimum atomic E-state index is -0.518. The highest BCUT2D eigenvalue weighted by atomic mass is 32.2. The summed E-state index contributed by atoms with van der Waals surface area (Å²) in [7, 11) is 2.92. The van der Waals surface area contributed by atoms with Crippen molar-refractivity contribution in [3.8, 4) is 5.75 Å². The van der Waals surface area contributed by atoms with Gasteiger partial charge in [0.2, 0.25) is 5.76 Å². The molecular formula is C26H21N3O5S. The summed E-state index contributed by atoms with van der Waals surface area (Å²) in [6.07, 6.45) is 3.82. The zero-order chi connectivity index (χ0) is 24.4. The number of aliphatic imine (C=N–C) groups is 1. The number of benzene rings is 2. The summed E-state index contributed by atoms with van der Waals surface area (Å²) >= 11 is 1.29. The number of aromatic nitrogens is 1. The van der Waals surface area contributed by atoms with E-state index in [1.54, 1.807) is 19.2 Å². The third-order valence-corrected chi connectivity index (χ3v) is 6.34. The molecule has 1 N–H and O–H groups in total. The van der Waals surface area contributed by atoms with Crippen LogP contribution in [0.4, 0.5) is 5.69 Å². The summed E-state index contributed by atoms with van der Waals surface area (Å²) in [6, 6.07) is 18.6. The number of ether oxygens (including phenoxy) is 2. The second-order valence-corrected chi connectivity index (χ2v) is 8.70. The van der Waals surface area contributed by atoms with Gasteiger partial charge in [-0.1, -0.05) is 18.2 Å². The molecule has 0 spiro atoms. The zero-order valence-corrected chi connectivity index (χ0v) is 19.8. The summed E-state index contributed by atoms with van der Waals surface area (Å²) in [5.41, 5.74) is 2.59. The average molecular weight is 488 g/mol. The lowest BCUT2D eigenvalue weighted by Crippen LogP contribution is -2.19. The molecule has 0 aliphatic carbocycles. The van der Waals surface area contributed by atoms with Crippen molar-refractivity contribution in [2.45, 2.75) is 6.54 Å². The number of thioether (sulfide) groups is 1. The smallest absolute Gasteiger partial charge is 0.373 e. The number of nitrogens with one attached hydrogen (secondary N) is 1. The third kappa shape index (κ3) is 4.71. The van der Waals surface area contributed by atoms with E-state index < -0.39 is 5.97 Å². The summed E-state index contributed by atoms with van der Waals surface area (Å²) in [5, 5.41) is 4.33. The summed E-state index contributed by atoms with van der Waals surface area (Å²) in [6.45, 7) is 0.421. The number of hydrogen-bond donors (Lipinski definition) is 1. The average Bonchev–Trinajstić information content (AvgIpc) is 3.58. The first-order valence-corrected chi connectivity index (χ1v) is 11.5. The summed E-state index contributed by atoms with van der Waals surface area (Å²) in [4.78, 5) is 29.4. The quantitative estimate of drug-likeness (QED) is 0.305. The number of furan rings is 1. The van der Waals surface area contributed by atoms with E-state index >= 15 is 0 Å². The summed E-state index contributed by atoms with van der Waals surface area (Å²) in [5.74, 6) is 0.796. The number of hydrogen-bond acceptors (Lipinski definition) is 7. The van der Waals surface area contributed by atoms with Gasteiger partial charge in [-0.2, -0.15) is 0 Å². The van der Waals surface area contributed by atoms with Crippen LogP contribution in [0.15, 0.2) is 81.2 Å². The zero-order valence-electron chi connectivity index (χ0n) is 19.0. The van der Waals surface area contributed by atoms with Crippen LogP contribution in [0.2, 0.25) is 0 Å². The van der Waals surface area contributed by atoms with Crippen LogP contribution in [0.1, 0.15) is 21.9 Å². The third-order valence-electron chi connectivity index (χ3n) is 5.43. The van der Waals surface area contributed by atoms with Gasteiger partial charge in [0.15, 0.2) is 5.17 Å². The molecule has 1 fully saturated rings. The van der Waals surface area contributed by atoms with E-state index in [9.17, 15) is 9.59 Å². The fourth-order valence-corrected chi connectivity index (χ4v) is 4.59. The minimum Gasteiger partial charge on any atom is -0.497 e. The van der Waals surface area contributed by atoms with E-state index in [-0.39, 0.29) is 11.7 Å². The normalized spacial score (nSPS) is 15.7. The first-order valence-electron chi connectivity index (χ1n) is 10.7. The number of amidine groups is 1. The topological polar surface area (TPSA) is 95.1 Å².